The Morgan fingerprint density at radius 1 is 1.19 bits per heavy atom. The number of para-hydroxylation sites is 1. The second kappa shape index (κ2) is 8.65. The van der Waals surface area contributed by atoms with Gasteiger partial charge >= 0.3 is 0 Å². The van der Waals surface area contributed by atoms with Crippen molar-refractivity contribution >= 4 is 39.9 Å². The molecule has 1 aromatic heterocycles. The van der Waals surface area contributed by atoms with Gasteiger partial charge in [-0.1, -0.05) is 18.6 Å². The molecule has 0 spiro atoms. The average Bonchev–Trinajstić information content (AvgIpc) is 3.27. The molecule has 26 heavy (non-hydrogen) atoms. The summed E-state index contributed by atoms with van der Waals surface area (Å²) in [5, 5.41) is 1.17. The Bertz CT molecular complexity index is 711. The molecule has 0 radical (unpaired) electrons. The van der Waals surface area contributed by atoms with Crippen molar-refractivity contribution in [2.75, 3.05) is 32.7 Å². The van der Waals surface area contributed by atoms with Gasteiger partial charge in [0.25, 0.3) is 0 Å². The van der Waals surface area contributed by atoms with E-state index in [1.165, 1.54) is 9.71 Å². The van der Waals surface area contributed by atoms with Crippen LogP contribution in [0.5, 0.6) is 0 Å². The van der Waals surface area contributed by atoms with Crippen LogP contribution in [-0.4, -0.2) is 53.4 Å². The molecular formula is C19H27ClN4OS. The Morgan fingerprint density at radius 2 is 1.96 bits per heavy atom. The molecule has 1 aliphatic heterocycles. The van der Waals surface area contributed by atoms with Crippen molar-refractivity contribution in [3.8, 4) is 0 Å². The van der Waals surface area contributed by atoms with Crippen LogP contribution < -0.4 is 5.73 Å². The molecule has 1 aliphatic carbocycles. The first-order chi connectivity index (χ1) is 12.2. The molecule has 5 nitrogen and oxygen atoms in total. The van der Waals surface area contributed by atoms with Gasteiger partial charge in [-0.15, -0.1) is 23.7 Å². The van der Waals surface area contributed by atoms with E-state index in [-0.39, 0.29) is 18.3 Å². The van der Waals surface area contributed by atoms with E-state index in [1.807, 2.05) is 6.07 Å². The summed E-state index contributed by atoms with van der Waals surface area (Å²) in [6, 6.07) is 8.30. The summed E-state index contributed by atoms with van der Waals surface area (Å²) in [6.45, 7) is 5.06. The lowest BCUT2D eigenvalue weighted by atomic mass is 9.94. The maximum atomic E-state index is 12.8. The third-order valence-corrected chi connectivity index (χ3v) is 6.68. The minimum Gasteiger partial charge on any atom is -0.340 e. The molecule has 2 N–H and O–H groups in total. The van der Waals surface area contributed by atoms with Gasteiger partial charge in [0.15, 0.2) is 0 Å². The Labute approximate surface area is 165 Å². The van der Waals surface area contributed by atoms with Crippen LogP contribution in [0.15, 0.2) is 24.3 Å². The number of hydrogen-bond donors (Lipinski definition) is 1. The standard InChI is InChI=1S/C19H26N4OS.ClH/c20-12-14-4-3-5-15(14)19(24)23-10-8-22(9-11-23)13-18-21-16-6-1-2-7-17(16)25-18;/h1-2,6-7,14-15H,3-5,8-13,20H2;1H/t14-,15-;/m1./s1. The summed E-state index contributed by atoms with van der Waals surface area (Å²) in [4.78, 5) is 22.0. The van der Waals surface area contributed by atoms with Crippen molar-refractivity contribution < 1.29 is 4.79 Å². The van der Waals surface area contributed by atoms with Crippen molar-refractivity contribution in [2.45, 2.75) is 25.8 Å². The van der Waals surface area contributed by atoms with E-state index in [4.69, 9.17) is 10.7 Å². The number of amides is 1. The lowest BCUT2D eigenvalue weighted by Gasteiger charge is -2.36. The van der Waals surface area contributed by atoms with E-state index in [0.717, 1.165) is 57.5 Å². The van der Waals surface area contributed by atoms with Crippen LogP contribution in [0.2, 0.25) is 0 Å². The first kappa shape index (κ1) is 19.5. The van der Waals surface area contributed by atoms with Crippen LogP contribution in [0, 0.1) is 11.8 Å². The zero-order valence-corrected chi connectivity index (χ0v) is 16.6. The maximum absolute atomic E-state index is 12.8. The molecule has 0 unspecified atom stereocenters. The van der Waals surface area contributed by atoms with Gasteiger partial charge in [-0.2, -0.15) is 0 Å². The van der Waals surface area contributed by atoms with Gasteiger partial charge < -0.3 is 10.6 Å². The van der Waals surface area contributed by atoms with E-state index < -0.39 is 0 Å². The summed E-state index contributed by atoms with van der Waals surface area (Å²) in [6.07, 6.45) is 3.28. The zero-order chi connectivity index (χ0) is 17.2. The number of carbonyl (C=O) groups is 1. The second-order valence-electron chi connectivity index (χ2n) is 7.21. The van der Waals surface area contributed by atoms with Crippen LogP contribution in [0.3, 0.4) is 0 Å². The third kappa shape index (κ3) is 4.03. The topological polar surface area (TPSA) is 62.5 Å². The minimum atomic E-state index is 0. The van der Waals surface area contributed by atoms with Crippen LogP contribution in [0.25, 0.3) is 10.2 Å². The van der Waals surface area contributed by atoms with Crippen LogP contribution in [0.1, 0.15) is 24.3 Å². The molecule has 1 aromatic carbocycles. The van der Waals surface area contributed by atoms with E-state index in [9.17, 15) is 4.79 Å². The fraction of sp³-hybridized carbons (Fsp3) is 0.579. The maximum Gasteiger partial charge on any atom is 0.226 e. The quantitative estimate of drug-likeness (QED) is 0.866. The second-order valence-corrected chi connectivity index (χ2v) is 8.33. The molecule has 142 valence electrons. The van der Waals surface area contributed by atoms with Gasteiger partial charge in [0.2, 0.25) is 5.91 Å². The van der Waals surface area contributed by atoms with E-state index in [1.54, 1.807) is 11.3 Å². The van der Waals surface area contributed by atoms with Gasteiger partial charge in [0.1, 0.15) is 5.01 Å². The highest BCUT2D eigenvalue weighted by Crippen LogP contribution is 2.32. The lowest BCUT2D eigenvalue weighted by molar-refractivity contribution is -0.138. The Hall–Kier alpha value is -1.21. The number of thiazole rings is 1. The van der Waals surface area contributed by atoms with Crippen molar-refractivity contribution in [3.05, 3.63) is 29.3 Å². The molecule has 2 fully saturated rings. The zero-order valence-electron chi connectivity index (χ0n) is 15.0. The predicted molar refractivity (Wildman–Crippen MR) is 109 cm³/mol. The largest absolute Gasteiger partial charge is 0.340 e. The summed E-state index contributed by atoms with van der Waals surface area (Å²) < 4.78 is 1.25. The Morgan fingerprint density at radius 3 is 2.69 bits per heavy atom. The highest BCUT2D eigenvalue weighted by molar-refractivity contribution is 7.18. The number of hydrogen-bond acceptors (Lipinski definition) is 5. The lowest BCUT2D eigenvalue weighted by Crippen LogP contribution is -2.50. The number of rotatable bonds is 4. The van der Waals surface area contributed by atoms with Gasteiger partial charge in [-0.25, -0.2) is 4.98 Å². The molecule has 2 heterocycles. The van der Waals surface area contributed by atoms with Crippen LogP contribution in [0.4, 0.5) is 0 Å². The van der Waals surface area contributed by atoms with Gasteiger partial charge in [-0.05, 0) is 37.4 Å². The molecule has 1 amide bonds. The Kier molecular flexibility index (Phi) is 6.51. The Balaban J connectivity index is 0.00000196. The van der Waals surface area contributed by atoms with Gasteiger partial charge in [0, 0.05) is 32.1 Å². The first-order valence-electron chi connectivity index (χ1n) is 9.30. The summed E-state index contributed by atoms with van der Waals surface area (Å²) in [5.74, 6) is 0.904. The van der Waals surface area contributed by atoms with Gasteiger partial charge in [0.05, 0.1) is 16.8 Å². The van der Waals surface area contributed by atoms with Crippen LogP contribution >= 0.6 is 23.7 Å². The summed E-state index contributed by atoms with van der Waals surface area (Å²) in [5.41, 5.74) is 6.94. The number of fused-ring (bicyclic) bond motifs is 1. The normalized spacial score (nSPS) is 24.0. The fourth-order valence-electron chi connectivity index (χ4n) is 4.18. The number of halogens is 1. The molecule has 1 saturated carbocycles. The SMILES string of the molecule is Cl.NC[C@H]1CCC[C@H]1C(=O)N1CCN(Cc2nc3ccccc3s2)CC1. The summed E-state index contributed by atoms with van der Waals surface area (Å²) >= 11 is 1.77. The molecule has 2 aliphatic rings. The summed E-state index contributed by atoms with van der Waals surface area (Å²) in [7, 11) is 0. The first-order valence-corrected chi connectivity index (χ1v) is 10.1. The number of nitrogens with zero attached hydrogens (tertiary/aromatic N) is 3. The smallest absolute Gasteiger partial charge is 0.226 e. The van der Waals surface area contributed by atoms with E-state index >= 15 is 0 Å². The number of carbonyl (C=O) groups excluding carboxylic acids is 1. The monoisotopic (exact) mass is 394 g/mol. The van der Waals surface area contributed by atoms with E-state index in [0.29, 0.717) is 18.4 Å². The molecule has 2 atom stereocenters. The molecule has 1 saturated heterocycles. The molecule has 0 bridgehead atoms. The average molecular weight is 395 g/mol. The molecular weight excluding hydrogens is 368 g/mol. The highest BCUT2D eigenvalue weighted by atomic mass is 35.5. The van der Waals surface area contributed by atoms with Crippen molar-refractivity contribution in [2.24, 2.45) is 17.6 Å². The third-order valence-electron chi connectivity index (χ3n) is 5.66. The van der Waals surface area contributed by atoms with E-state index in [2.05, 4.69) is 28.0 Å². The molecule has 2 aromatic rings. The van der Waals surface area contributed by atoms with Crippen molar-refractivity contribution in [1.29, 1.82) is 0 Å². The van der Waals surface area contributed by atoms with Gasteiger partial charge in [-0.3, -0.25) is 9.69 Å². The van der Waals surface area contributed by atoms with Crippen LogP contribution in [-0.2, 0) is 11.3 Å². The number of benzene rings is 1. The van der Waals surface area contributed by atoms with Crippen molar-refractivity contribution in [1.82, 2.24) is 14.8 Å². The number of aromatic nitrogens is 1. The van der Waals surface area contributed by atoms with Crippen molar-refractivity contribution in [3.63, 3.8) is 0 Å². The molecule has 7 heteroatoms. The minimum absolute atomic E-state index is 0. The predicted octanol–water partition coefficient (Wildman–Crippen LogP) is 2.74. The number of piperazine rings is 1. The number of nitrogens with two attached hydrogens (primary N) is 1. The molecule has 4 rings (SSSR count). The highest BCUT2D eigenvalue weighted by Gasteiger charge is 2.35. The fourth-order valence-corrected chi connectivity index (χ4v) is 5.19.